The average molecular weight is 285 g/mol. The van der Waals surface area contributed by atoms with E-state index in [0.717, 1.165) is 29.8 Å². The Balaban J connectivity index is 1.97. The fraction of sp³-hybridized carbons (Fsp3) is 0.333. The van der Waals surface area contributed by atoms with Crippen molar-refractivity contribution in [3.8, 4) is 5.75 Å². The summed E-state index contributed by atoms with van der Waals surface area (Å²) in [6, 6.07) is 13.4. The molecule has 0 spiro atoms. The standard InChI is InChI=1S/C18H20FNO/c1-3-20-16-11-18(14-10-12(2)8-9-15(14)19)21-17-7-5-4-6-13(16)17/h4-10,16,18,20H,3,11H2,1-2H3. The molecule has 2 atom stereocenters. The van der Waals surface area contributed by atoms with Crippen molar-refractivity contribution in [1.82, 2.24) is 5.32 Å². The molecule has 1 N–H and O–H groups in total. The molecule has 2 aromatic rings. The number of aryl methyl sites for hydroxylation is 1. The van der Waals surface area contributed by atoms with Crippen molar-refractivity contribution in [3.05, 3.63) is 65.0 Å². The molecular formula is C18H20FNO. The van der Waals surface area contributed by atoms with E-state index < -0.39 is 0 Å². The minimum absolute atomic E-state index is 0.194. The van der Waals surface area contributed by atoms with Gasteiger partial charge in [-0.05, 0) is 31.7 Å². The molecule has 0 aromatic heterocycles. The Kier molecular flexibility index (Phi) is 3.93. The van der Waals surface area contributed by atoms with Crippen molar-refractivity contribution >= 4 is 0 Å². The van der Waals surface area contributed by atoms with Crippen LogP contribution in [0.3, 0.4) is 0 Å². The lowest BCUT2D eigenvalue weighted by Crippen LogP contribution is -2.29. The first-order valence-electron chi connectivity index (χ1n) is 7.44. The van der Waals surface area contributed by atoms with Crippen LogP contribution in [0.25, 0.3) is 0 Å². The number of hydrogen-bond donors (Lipinski definition) is 1. The number of hydrogen-bond acceptors (Lipinski definition) is 2. The lowest BCUT2D eigenvalue weighted by atomic mass is 9.92. The zero-order chi connectivity index (χ0) is 14.8. The smallest absolute Gasteiger partial charge is 0.130 e. The highest BCUT2D eigenvalue weighted by Gasteiger charge is 2.30. The molecule has 0 saturated heterocycles. The number of para-hydroxylation sites is 1. The zero-order valence-corrected chi connectivity index (χ0v) is 12.4. The van der Waals surface area contributed by atoms with E-state index in [2.05, 4.69) is 18.3 Å². The second-order valence-corrected chi connectivity index (χ2v) is 5.52. The summed E-state index contributed by atoms with van der Waals surface area (Å²) in [5.41, 5.74) is 2.85. The van der Waals surface area contributed by atoms with E-state index in [1.54, 1.807) is 6.07 Å². The number of ether oxygens (including phenoxy) is 1. The van der Waals surface area contributed by atoms with E-state index in [1.165, 1.54) is 6.07 Å². The van der Waals surface area contributed by atoms with Crippen LogP contribution in [-0.4, -0.2) is 6.54 Å². The normalized spacial score (nSPS) is 20.7. The Hall–Kier alpha value is -1.87. The zero-order valence-electron chi connectivity index (χ0n) is 12.4. The van der Waals surface area contributed by atoms with Crippen LogP contribution in [0.2, 0.25) is 0 Å². The summed E-state index contributed by atoms with van der Waals surface area (Å²) in [7, 11) is 0. The second-order valence-electron chi connectivity index (χ2n) is 5.52. The molecule has 0 bridgehead atoms. The predicted octanol–water partition coefficient (Wildman–Crippen LogP) is 4.31. The molecule has 2 unspecified atom stereocenters. The lowest BCUT2D eigenvalue weighted by molar-refractivity contribution is 0.148. The van der Waals surface area contributed by atoms with Gasteiger partial charge in [-0.1, -0.05) is 36.8 Å². The van der Waals surface area contributed by atoms with Crippen molar-refractivity contribution in [1.29, 1.82) is 0 Å². The van der Waals surface area contributed by atoms with E-state index in [-0.39, 0.29) is 18.0 Å². The Morgan fingerprint density at radius 1 is 1.19 bits per heavy atom. The second kappa shape index (κ2) is 5.86. The molecule has 0 saturated carbocycles. The topological polar surface area (TPSA) is 21.3 Å². The molecule has 0 fully saturated rings. The van der Waals surface area contributed by atoms with Crippen molar-refractivity contribution in [2.45, 2.75) is 32.4 Å². The average Bonchev–Trinajstić information content (AvgIpc) is 2.50. The van der Waals surface area contributed by atoms with Gasteiger partial charge in [0.25, 0.3) is 0 Å². The molecular weight excluding hydrogens is 265 g/mol. The molecule has 3 heteroatoms. The Bertz CT molecular complexity index is 641. The van der Waals surface area contributed by atoms with Crippen molar-refractivity contribution < 1.29 is 9.13 Å². The monoisotopic (exact) mass is 285 g/mol. The molecule has 0 amide bonds. The number of benzene rings is 2. The van der Waals surface area contributed by atoms with E-state index in [0.29, 0.717) is 5.56 Å². The van der Waals surface area contributed by atoms with Crippen molar-refractivity contribution in [2.24, 2.45) is 0 Å². The number of halogens is 1. The fourth-order valence-corrected chi connectivity index (χ4v) is 2.96. The molecule has 0 radical (unpaired) electrons. The lowest BCUT2D eigenvalue weighted by Gasteiger charge is -2.33. The molecule has 1 aliphatic rings. The molecule has 21 heavy (non-hydrogen) atoms. The third-order valence-corrected chi connectivity index (χ3v) is 3.96. The van der Waals surface area contributed by atoms with Gasteiger partial charge in [-0.25, -0.2) is 4.39 Å². The van der Waals surface area contributed by atoms with Crippen LogP contribution in [0.5, 0.6) is 5.75 Å². The summed E-state index contributed by atoms with van der Waals surface area (Å²) in [4.78, 5) is 0. The summed E-state index contributed by atoms with van der Waals surface area (Å²) >= 11 is 0. The molecule has 2 nitrogen and oxygen atoms in total. The van der Waals surface area contributed by atoms with Crippen LogP contribution >= 0.6 is 0 Å². The van der Waals surface area contributed by atoms with Gasteiger partial charge in [-0.3, -0.25) is 0 Å². The molecule has 2 aromatic carbocycles. The first-order chi connectivity index (χ1) is 10.2. The van der Waals surface area contributed by atoms with Gasteiger partial charge in [0.05, 0.1) is 0 Å². The van der Waals surface area contributed by atoms with E-state index in [9.17, 15) is 4.39 Å². The third kappa shape index (κ3) is 2.79. The molecule has 3 rings (SSSR count). The van der Waals surface area contributed by atoms with E-state index >= 15 is 0 Å². The van der Waals surface area contributed by atoms with Gasteiger partial charge < -0.3 is 10.1 Å². The SMILES string of the molecule is CCNC1CC(c2cc(C)ccc2F)Oc2ccccc21. The molecule has 0 aliphatic carbocycles. The van der Waals surface area contributed by atoms with Gasteiger partial charge in [-0.2, -0.15) is 0 Å². The summed E-state index contributed by atoms with van der Waals surface area (Å²) in [5.74, 6) is 0.654. The van der Waals surface area contributed by atoms with Crippen LogP contribution < -0.4 is 10.1 Å². The maximum Gasteiger partial charge on any atom is 0.130 e. The first kappa shape index (κ1) is 14.1. The van der Waals surface area contributed by atoms with Gasteiger partial charge in [0.15, 0.2) is 0 Å². The summed E-state index contributed by atoms with van der Waals surface area (Å²) < 4.78 is 20.2. The molecule has 1 heterocycles. The largest absolute Gasteiger partial charge is 0.485 e. The summed E-state index contributed by atoms with van der Waals surface area (Å²) in [5, 5.41) is 3.47. The van der Waals surface area contributed by atoms with Gasteiger partial charge in [0, 0.05) is 23.6 Å². The van der Waals surface area contributed by atoms with E-state index in [1.807, 2.05) is 31.2 Å². The van der Waals surface area contributed by atoms with Gasteiger partial charge in [0.2, 0.25) is 0 Å². The minimum Gasteiger partial charge on any atom is -0.485 e. The quantitative estimate of drug-likeness (QED) is 0.907. The Labute approximate surface area is 125 Å². The number of rotatable bonds is 3. The predicted molar refractivity (Wildman–Crippen MR) is 82.0 cm³/mol. The van der Waals surface area contributed by atoms with Crippen molar-refractivity contribution in [3.63, 3.8) is 0 Å². The summed E-state index contributed by atoms with van der Waals surface area (Å²) in [6.07, 6.45) is 0.495. The van der Waals surface area contributed by atoms with Gasteiger partial charge >= 0.3 is 0 Å². The highest BCUT2D eigenvalue weighted by Crippen LogP contribution is 2.41. The fourth-order valence-electron chi connectivity index (χ4n) is 2.96. The van der Waals surface area contributed by atoms with Gasteiger partial charge in [-0.15, -0.1) is 0 Å². The molecule has 1 aliphatic heterocycles. The maximum atomic E-state index is 14.1. The van der Waals surface area contributed by atoms with Crippen LogP contribution in [0.15, 0.2) is 42.5 Å². The molecule has 110 valence electrons. The highest BCUT2D eigenvalue weighted by atomic mass is 19.1. The van der Waals surface area contributed by atoms with Crippen LogP contribution in [0.4, 0.5) is 4.39 Å². The number of nitrogens with one attached hydrogen (secondary N) is 1. The Morgan fingerprint density at radius 2 is 2.00 bits per heavy atom. The first-order valence-corrected chi connectivity index (χ1v) is 7.44. The third-order valence-electron chi connectivity index (χ3n) is 3.96. The Morgan fingerprint density at radius 3 is 2.81 bits per heavy atom. The minimum atomic E-state index is -0.246. The van der Waals surface area contributed by atoms with Crippen LogP contribution in [0.1, 0.15) is 42.2 Å². The van der Waals surface area contributed by atoms with Crippen molar-refractivity contribution in [2.75, 3.05) is 6.54 Å². The highest BCUT2D eigenvalue weighted by molar-refractivity contribution is 5.39. The van der Waals surface area contributed by atoms with Crippen LogP contribution in [-0.2, 0) is 0 Å². The summed E-state index contributed by atoms with van der Waals surface area (Å²) in [6.45, 7) is 4.93. The maximum absolute atomic E-state index is 14.1. The number of fused-ring (bicyclic) bond motifs is 1. The van der Waals surface area contributed by atoms with Gasteiger partial charge in [0.1, 0.15) is 17.7 Å². The van der Waals surface area contributed by atoms with E-state index in [4.69, 9.17) is 4.74 Å². The van der Waals surface area contributed by atoms with Crippen LogP contribution in [0, 0.1) is 12.7 Å².